The van der Waals surface area contributed by atoms with Gasteiger partial charge in [0.15, 0.2) is 0 Å². The van der Waals surface area contributed by atoms with Crippen molar-refractivity contribution in [3.63, 3.8) is 0 Å². The number of carbonyl (C=O) groups is 1. The summed E-state index contributed by atoms with van der Waals surface area (Å²) in [5.74, 6) is 0.0858. The zero-order valence-electron chi connectivity index (χ0n) is 9.19. The highest BCUT2D eigenvalue weighted by atomic mass is 32.1. The van der Waals surface area contributed by atoms with Gasteiger partial charge in [-0.05, 0) is 6.92 Å². The van der Waals surface area contributed by atoms with Crippen LogP contribution in [0.15, 0.2) is 0 Å². The molecule has 7 heteroatoms. The Bertz CT molecular complexity index is 367. The van der Waals surface area contributed by atoms with Gasteiger partial charge in [0.25, 0.3) is 0 Å². The first-order chi connectivity index (χ1) is 7.78. The number of anilines is 1. The van der Waals surface area contributed by atoms with Crippen LogP contribution in [0.25, 0.3) is 0 Å². The van der Waals surface area contributed by atoms with Crippen molar-refractivity contribution in [2.24, 2.45) is 0 Å². The van der Waals surface area contributed by atoms with Gasteiger partial charge in [0, 0.05) is 19.6 Å². The SMILES string of the molecule is CCNc1nnc(CN2CCNC(=O)C2)s1. The van der Waals surface area contributed by atoms with Crippen molar-refractivity contribution in [1.29, 1.82) is 0 Å². The largest absolute Gasteiger partial charge is 0.360 e. The average molecular weight is 241 g/mol. The number of aromatic nitrogens is 2. The van der Waals surface area contributed by atoms with Crippen molar-refractivity contribution in [3.05, 3.63) is 5.01 Å². The number of nitrogens with zero attached hydrogens (tertiary/aromatic N) is 3. The first kappa shape index (κ1) is 11.3. The summed E-state index contributed by atoms with van der Waals surface area (Å²) < 4.78 is 0. The van der Waals surface area contributed by atoms with Gasteiger partial charge >= 0.3 is 0 Å². The molecule has 1 fully saturated rings. The molecule has 0 aliphatic carbocycles. The van der Waals surface area contributed by atoms with Gasteiger partial charge in [-0.2, -0.15) is 0 Å². The summed E-state index contributed by atoms with van der Waals surface area (Å²) in [6.45, 7) is 5.63. The van der Waals surface area contributed by atoms with Gasteiger partial charge in [-0.15, -0.1) is 10.2 Å². The van der Waals surface area contributed by atoms with Gasteiger partial charge in [0.1, 0.15) is 5.01 Å². The number of hydrogen-bond donors (Lipinski definition) is 2. The first-order valence-corrected chi connectivity index (χ1v) is 6.15. The minimum absolute atomic E-state index is 0.0858. The minimum Gasteiger partial charge on any atom is -0.360 e. The third-order valence-electron chi connectivity index (χ3n) is 2.27. The Labute approximate surface area is 98.0 Å². The molecule has 16 heavy (non-hydrogen) atoms. The van der Waals surface area contributed by atoms with Gasteiger partial charge in [0.2, 0.25) is 11.0 Å². The van der Waals surface area contributed by atoms with E-state index in [4.69, 9.17) is 0 Å². The molecule has 1 aromatic rings. The van der Waals surface area contributed by atoms with Crippen LogP contribution < -0.4 is 10.6 Å². The monoisotopic (exact) mass is 241 g/mol. The van der Waals surface area contributed by atoms with E-state index in [1.807, 2.05) is 6.92 Å². The van der Waals surface area contributed by atoms with Crippen molar-refractivity contribution in [2.75, 3.05) is 31.5 Å². The number of carbonyl (C=O) groups excluding carboxylic acids is 1. The van der Waals surface area contributed by atoms with Crippen LogP contribution in [0, 0.1) is 0 Å². The molecule has 2 rings (SSSR count). The van der Waals surface area contributed by atoms with Crippen molar-refractivity contribution >= 4 is 22.4 Å². The third kappa shape index (κ3) is 2.89. The lowest BCUT2D eigenvalue weighted by atomic mass is 10.3. The van der Waals surface area contributed by atoms with Crippen LogP contribution in [0.4, 0.5) is 5.13 Å². The number of piperazine rings is 1. The van der Waals surface area contributed by atoms with E-state index in [0.717, 1.165) is 29.8 Å². The lowest BCUT2D eigenvalue weighted by Gasteiger charge is -2.25. The quantitative estimate of drug-likeness (QED) is 0.770. The smallest absolute Gasteiger partial charge is 0.234 e. The molecular formula is C9H15N5OS. The zero-order chi connectivity index (χ0) is 11.4. The van der Waals surface area contributed by atoms with Gasteiger partial charge in [-0.1, -0.05) is 11.3 Å². The molecule has 88 valence electrons. The number of hydrogen-bond acceptors (Lipinski definition) is 6. The molecular weight excluding hydrogens is 226 g/mol. The van der Waals surface area contributed by atoms with E-state index in [0.29, 0.717) is 13.1 Å². The van der Waals surface area contributed by atoms with Gasteiger partial charge < -0.3 is 10.6 Å². The van der Waals surface area contributed by atoms with Crippen LogP contribution in [0.2, 0.25) is 0 Å². The molecule has 2 heterocycles. The fraction of sp³-hybridized carbons (Fsp3) is 0.667. The lowest BCUT2D eigenvalue weighted by molar-refractivity contribution is -0.124. The maximum atomic E-state index is 11.2. The van der Waals surface area contributed by atoms with Crippen LogP contribution in [0.3, 0.4) is 0 Å². The van der Waals surface area contributed by atoms with Crippen molar-refractivity contribution in [3.8, 4) is 0 Å². The van der Waals surface area contributed by atoms with E-state index < -0.39 is 0 Å². The predicted molar refractivity (Wildman–Crippen MR) is 62.4 cm³/mol. The molecule has 1 aromatic heterocycles. The van der Waals surface area contributed by atoms with E-state index in [2.05, 4.69) is 25.7 Å². The predicted octanol–water partition coefficient (Wildman–Crippen LogP) is -0.0983. The molecule has 1 saturated heterocycles. The Morgan fingerprint density at radius 3 is 3.19 bits per heavy atom. The number of amides is 1. The van der Waals surface area contributed by atoms with Crippen LogP contribution in [0.5, 0.6) is 0 Å². The van der Waals surface area contributed by atoms with Gasteiger partial charge in [0.05, 0.1) is 13.1 Å². The highest BCUT2D eigenvalue weighted by Crippen LogP contribution is 2.16. The highest BCUT2D eigenvalue weighted by Gasteiger charge is 2.17. The Balaban J connectivity index is 1.89. The molecule has 0 radical (unpaired) electrons. The molecule has 0 bridgehead atoms. The molecule has 0 unspecified atom stereocenters. The Hall–Kier alpha value is -1.21. The molecule has 0 aromatic carbocycles. The summed E-state index contributed by atoms with van der Waals surface area (Å²) in [4.78, 5) is 13.3. The summed E-state index contributed by atoms with van der Waals surface area (Å²) in [5, 5.41) is 15.8. The molecule has 0 atom stereocenters. The van der Waals surface area contributed by atoms with Crippen molar-refractivity contribution in [1.82, 2.24) is 20.4 Å². The number of rotatable bonds is 4. The fourth-order valence-electron chi connectivity index (χ4n) is 1.56. The molecule has 0 saturated carbocycles. The standard InChI is InChI=1S/C9H15N5OS/c1-2-10-9-13-12-8(16-9)6-14-4-3-11-7(15)5-14/h2-6H2,1H3,(H,10,13)(H,11,15). The van der Waals surface area contributed by atoms with E-state index in [1.165, 1.54) is 0 Å². The van der Waals surface area contributed by atoms with E-state index in [9.17, 15) is 4.79 Å². The average Bonchev–Trinajstić information content (AvgIpc) is 2.66. The van der Waals surface area contributed by atoms with Gasteiger partial charge in [-0.3, -0.25) is 9.69 Å². The topological polar surface area (TPSA) is 70.2 Å². The minimum atomic E-state index is 0.0858. The van der Waals surface area contributed by atoms with Crippen LogP contribution >= 0.6 is 11.3 Å². The molecule has 1 aliphatic rings. The highest BCUT2D eigenvalue weighted by molar-refractivity contribution is 7.15. The first-order valence-electron chi connectivity index (χ1n) is 5.33. The fourth-order valence-corrected chi connectivity index (χ4v) is 2.41. The zero-order valence-corrected chi connectivity index (χ0v) is 10.0. The summed E-state index contributed by atoms with van der Waals surface area (Å²) in [7, 11) is 0. The Morgan fingerprint density at radius 1 is 1.56 bits per heavy atom. The summed E-state index contributed by atoms with van der Waals surface area (Å²) in [5.41, 5.74) is 0. The summed E-state index contributed by atoms with van der Waals surface area (Å²) >= 11 is 1.55. The van der Waals surface area contributed by atoms with Crippen molar-refractivity contribution < 1.29 is 4.79 Å². The summed E-state index contributed by atoms with van der Waals surface area (Å²) in [6, 6.07) is 0. The number of nitrogens with one attached hydrogen (secondary N) is 2. The van der Waals surface area contributed by atoms with Crippen LogP contribution in [-0.4, -0.2) is 47.2 Å². The molecule has 1 aliphatic heterocycles. The maximum absolute atomic E-state index is 11.2. The second kappa shape index (κ2) is 5.22. The summed E-state index contributed by atoms with van der Waals surface area (Å²) in [6.07, 6.45) is 0. The van der Waals surface area contributed by atoms with E-state index >= 15 is 0 Å². The normalized spacial score (nSPS) is 17.2. The molecule has 2 N–H and O–H groups in total. The second-order valence-corrected chi connectivity index (χ2v) is 4.65. The maximum Gasteiger partial charge on any atom is 0.234 e. The second-order valence-electron chi connectivity index (χ2n) is 3.59. The van der Waals surface area contributed by atoms with E-state index in [-0.39, 0.29) is 5.91 Å². The Kier molecular flexibility index (Phi) is 3.68. The Morgan fingerprint density at radius 2 is 2.44 bits per heavy atom. The van der Waals surface area contributed by atoms with Crippen LogP contribution in [0.1, 0.15) is 11.9 Å². The molecule has 0 spiro atoms. The molecule has 1 amide bonds. The van der Waals surface area contributed by atoms with E-state index in [1.54, 1.807) is 11.3 Å². The van der Waals surface area contributed by atoms with Crippen molar-refractivity contribution in [2.45, 2.75) is 13.5 Å². The third-order valence-corrected chi connectivity index (χ3v) is 3.14. The van der Waals surface area contributed by atoms with Gasteiger partial charge in [-0.25, -0.2) is 0 Å². The van der Waals surface area contributed by atoms with Crippen LogP contribution in [-0.2, 0) is 11.3 Å². The lowest BCUT2D eigenvalue weighted by Crippen LogP contribution is -2.47. The molecule has 6 nitrogen and oxygen atoms in total.